The van der Waals surface area contributed by atoms with Gasteiger partial charge in [0.1, 0.15) is 22.1 Å². The molecule has 2 aromatic rings. The third-order valence-corrected chi connectivity index (χ3v) is 7.08. The molecular formula is C23H34N4O5S. The summed E-state index contributed by atoms with van der Waals surface area (Å²) in [7, 11) is 1.54. The number of aromatic nitrogens is 2. The average Bonchev–Trinajstić information content (AvgIpc) is 3.11. The van der Waals surface area contributed by atoms with Crippen LogP contribution in [0.5, 0.6) is 0 Å². The van der Waals surface area contributed by atoms with Gasteiger partial charge in [-0.25, -0.2) is 9.78 Å². The highest BCUT2D eigenvalue weighted by Gasteiger charge is 2.27. The largest absolute Gasteiger partial charge is 0.459 e. The van der Waals surface area contributed by atoms with Crippen molar-refractivity contribution in [3.8, 4) is 0 Å². The third kappa shape index (κ3) is 6.39. The van der Waals surface area contributed by atoms with E-state index in [-0.39, 0.29) is 30.0 Å². The molecule has 0 aliphatic carbocycles. The molecule has 0 spiro atoms. The van der Waals surface area contributed by atoms with Gasteiger partial charge in [0.05, 0.1) is 24.5 Å². The van der Waals surface area contributed by atoms with Gasteiger partial charge in [0.15, 0.2) is 0 Å². The molecule has 33 heavy (non-hydrogen) atoms. The van der Waals surface area contributed by atoms with Crippen molar-refractivity contribution in [2.75, 3.05) is 33.4 Å². The number of nitrogens with zero attached hydrogens (tertiary/aromatic N) is 2. The van der Waals surface area contributed by atoms with Crippen LogP contribution in [0.15, 0.2) is 4.79 Å². The smallest absolute Gasteiger partial charge is 0.348 e. The number of methoxy groups -OCH3 is 1. The van der Waals surface area contributed by atoms with Crippen molar-refractivity contribution in [1.82, 2.24) is 20.2 Å². The highest BCUT2D eigenvalue weighted by Crippen LogP contribution is 2.28. The predicted octanol–water partition coefficient (Wildman–Crippen LogP) is 2.61. The summed E-state index contributed by atoms with van der Waals surface area (Å²) >= 11 is 1.17. The van der Waals surface area contributed by atoms with E-state index in [1.807, 2.05) is 6.92 Å². The number of thiophene rings is 1. The Morgan fingerprint density at radius 1 is 1.36 bits per heavy atom. The molecule has 1 aliphatic rings. The van der Waals surface area contributed by atoms with Gasteiger partial charge in [-0.15, -0.1) is 11.3 Å². The van der Waals surface area contributed by atoms with Crippen molar-refractivity contribution in [2.24, 2.45) is 5.92 Å². The van der Waals surface area contributed by atoms with Gasteiger partial charge in [-0.3, -0.25) is 14.5 Å². The monoisotopic (exact) mass is 478 g/mol. The van der Waals surface area contributed by atoms with Gasteiger partial charge in [-0.05, 0) is 45.2 Å². The minimum absolute atomic E-state index is 0.0639. The van der Waals surface area contributed by atoms with E-state index in [1.54, 1.807) is 6.92 Å². The zero-order valence-corrected chi connectivity index (χ0v) is 20.7. The first-order chi connectivity index (χ1) is 15.8. The zero-order chi connectivity index (χ0) is 24.0. The van der Waals surface area contributed by atoms with E-state index < -0.39 is 5.97 Å². The summed E-state index contributed by atoms with van der Waals surface area (Å²) in [6.45, 7) is 8.27. The van der Waals surface area contributed by atoms with Gasteiger partial charge in [-0.1, -0.05) is 13.3 Å². The Labute approximate surface area is 197 Å². The van der Waals surface area contributed by atoms with Crippen molar-refractivity contribution in [3.05, 3.63) is 26.6 Å². The molecule has 2 atom stereocenters. The quantitative estimate of drug-likeness (QED) is 0.399. The standard InChI is InChI=1S/C23H34N4O5S/c1-5-7-14(2)24-20(28)16-8-6-9-27(12-16)13-17-25-21(29)18-15(3)19(33-22(18)26-17)23(30)32-11-10-31-4/h14,16H,5-13H2,1-4H3,(H,24,28)(H,25,26,29). The Bertz CT molecular complexity index is 1030. The molecule has 3 rings (SSSR count). The average molecular weight is 479 g/mol. The second-order valence-electron chi connectivity index (χ2n) is 8.65. The minimum Gasteiger partial charge on any atom is -0.459 e. The first-order valence-corrected chi connectivity index (χ1v) is 12.4. The number of fused-ring (bicyclic) bond motifs is 1. The van der Waals surface area contributed by atoms with Gasteiger partial charge < -0.3 is 19.8 Å². The molecule has 0 bridgehead atoms. The predicted molar refractivity (Wildman–Crippen MR) is 128 cm³/mol. The molecule has 1 aliphatic heterocycles. The molecule has 1 amide bonds. The van der Waals surface area contributed by atoms with Crippen molar-refractivity contribution in [2.45, 2.75) is 59.0 Å². The number of carbonyl (C=O) groups excluding carboxylic acids is 2. The van der Waals surface area contributed by atoms with Crippen LogP contribution < -0.4 is 10.9 Å². The topological polar surface area (TPSA) is 114 Å². The lowest BCUT2D eigenvalue weighted by atomic mass is 9.96. The van der Waals surface area contributed by atoms with E-state index in [0.717, 1.165) is 32.2 Å². The molecule has 1 fully saturated rings. The Morgan fingerprint density at radius 3 is 2.88 bits per heavy atom. The van der Waals surface area contributed by atoms with Gasteiger partial charge in [0.2, 0.25) is 5.91 Å². The number of hydrogen-bond acceptors (Lipinski definition) is 8. The van der Waals surface area contributed by atoms with E-state index >= 15 is 0 Å². The Balaban J connectivity index is 1.70. The van der Waals surface area contributed by atoms with Crippen LogP contribution in [-0.4, -0.2) is 66.2 Å². The number of carbonyl (C=O) groups is 2. The summed E-state index contributed by atoms with van der Waals surface area (Å²) in [5, 5.41) is 3.54. The number of piperidine rings is 1. The summed E-state index contributed by atoms with van der Waals surface area (Å²) < 4.78 is 10.1. The van der Waals surface area contributed by atoms with Crippen LogP contribution in [-0.2, 0) is 20.8 Å². The molecule has 1 saturated heterocycles. The van der Waals surface area contributed by atoms with Crippen LogP contribution in [0.2, 0.25) is 0 Å². The van der Waals surface area contributed by atoms with Gasteiger partial charge >= 0.3 is 5.97 Å². The van der Waals surface area contributed by atoms with Crippen LogP contribution in [0.25, 0.3) is 10.2 Å². The molecule has 10 heteroatoms. The Kier molecular flexibility index (Phi) is 8.99. The number of ether oxygens (including phenoxy) is 2. The first kappa shape index (κ1) is 25.3. The fraction of sp³-hybridized carbons (Fsp3) is 0.652. The molecule has 182 valence electrons. The van der Waals surface area contributed by atoms with Crippen LogP contribution in [0, 0.1) is 12.8 Å². The van der Waals surface area contributed by atoms with Gasteiger partial charge in [0, 0.05) is 19.7 Å². The van der Waals surface area contributed by atoms with Crippen LogP contribution >= 0.6 is 11.3 Å². The lowest BCUT2D eigenvalue weighted by Gasteiger charge is -2.32. The number of aromatic amines is 1. The molecule has 2 unspecified atom stereocenters. The molecular weight excluding hydrogens is 444 g/mol. The second-order valence-corrected chi connectivity index (χ2v) is 9.65. The zero-order valence-electron chi connectivity index (χ0n) is 19.9. The number of H-pyrrole nitrogens is 1. The number of esters is 1. The Hall–Kier alpha value is -2.30. The first-order valence-electron chi connectivity index (χ1n) is 11.5. The third-order valence-electron chi connectivity index (χ3n) is 5.92. The van der Waals surface area contributed by atoms with E-state index in [4.69, 9.17) is 9.47 Å². The molecule has 3 heterocycles. The number of nitrogens with one attached hydrogen (secondary N) is 2. The highest BCUT2D eigenvalue weighted by atomic mass is 32.1. The number of rotatable bonds is 10. The van der Waals surface area contributed by atoms with Crippen LogP contribution in [0.3, 0.4) is 0 Å². The normalized spacial score (nSPS) is 17.8. The molecule has 0 aromatic carbocycles. The molecule has 2 N–H and O–H groups in total. The lowest BCUT2D eigenvalue weighted by Crippen LogP contribution is -2.45. The summed E-state index contributed by atoms with van der Waals surface area (Å²) in [6.07, 6.45) is 3.79. The van der Waals surface area contributed by atoms with Crippen LogP contribution in [0.4, 0.5) is 0 Å². The van der Waals surface area contributed by atoms with E-state index in [1.165, 1.54) is 18.4 Å². The van der Waals surface area contributed by atoms with Crippen molar-refractivity contribution in [1.29, 1.82) is 0 Å². The van der Waals surface area contributed by atoms with Crippen molar-refractivity contribution < 1.29 is 19.1 Å². The summed E-state index contributed by atoms with van der Waals surface area (Å²) in [5.74, 6) is 0.0955. The van der Waals surface area contributed by atoms with Gasteiger partial charge in [0.25, 0.3) is 5.56 Å². The molecule has 0 saturated carbocycles. The van der Waals surface area contributed by atoms with Crippen LogP contribution in [0.1, 0.15) is 60.6 Å². The molecule has 9 nitrogen and oxygen atoms in total. The van der Waals surface area contributed by atoms with Gasteiger partial charge in [-0.2, -0.15) is 0 Å². The number of amides is 1. The number of likely N-dealkylation sites (tertiary alicyclic amines) is 1. The second kappa shape index (κ2) is 11.7. The van der Waals surface area contributed by atoms with Crippen molar-refractivity contribution in [3.63, 3.8) is 0 Å². The van der Waals surface area contributed by atoms with Crippen molar-refractivity contribution >= 4 is 33.4 Å². The molecule has 2 aromatic heterocycles. The maximum atomic E-state index is 12.8. The summed E-state index contributed by atoms with van der Waals surface area (Å²) in [6, 6.07) is 0.177. The fourth-order valence-electron chi connectivity index (χ4n) is 4.23. The minimum atomic E-state index is -0.476. The van der Waals surface area contributed by atoms with E-state index in [2.05, 4.69) is 27.1 Å². The molecule has 0 radical (unpaired) electrons. The van der Waals surface area contributed by atoms with E-state index in [9.17, 15) is 14.4 Å². The highest BCUT2D eigenvalue weighted by molar-refractivity contribution is 7.20. The van der Waals surface area contributed by atoms with E-state index in [0.29, 0.717) is 46.2 Å². The number of aryl methyl sites for hydroxylation is 1. The fourth-order valence-corrected chi connectivity index (χ4v) is 5.33. The maximum absolute atomic E-state index is 12.8. The number of hydrogen-bond donors (Lipinski definition) is 2. The lowest BCUT2D eigenvalue weighted by molar-refractivity contribution is -0.127. The summed E-state index contributed by atoms with van der Waals surface area (Å²) in [5.41, 5.74) is 0.313. The summed E-state index contributed by atoms with van der Waals surface area (Å²) in [4.78, 5) is 48.3. The SMILES string of the molecule is CCCC(C)NC(=O)C1CCCN(Cc2nc3sc(C(=O)OCCOC)c(C)c3c(=O)[nH]2)C1. The maximum Gasteiger partial charge on any atom is 0.348 e. The Morgan fingerprint density at radius 2 is 2.15 bits per heavy atom.